The van der Waals surface area contributed by atoms with Crippen LogP contribution in [-0.2, 0) is 20.9 Å². The van der Waals surface area contributed by atoms with Gasteiger partial charge in [-0.2, -0.15) is 0 Å². The lowest BCUT2D eigenvalue weighted by molar-refractivity contribution is -0.143. The largest absolute Gasteiger partial charge is 0.466 e. The molecule has 21 heavy (non-hydrogen) atoms. The number of hydrogen-bond donors (Lipinski definition) is 2. The van der Waals surface area contributed by atoms with E-state index < -0.39 is 0 Å². The van der Waals surface area contributed by atoms with Gasteiger partial charge in [0.25, 0.3) is 0 Å². The number of aromatic nitrogens is 2. The molecule has 0 saturated heterocycles. The molecular formula is C14H24N4O3. The molecule has 1 heterocycles. The number of nitrogens with zero attached hydrogens (tertiary/aromatic N) is 2. The summed E-state index contributed by atoms with van der Waals surface area (Å²) in [5.41, 5.74) is 0. The van der Waals surface area contributed by atoms with Crippen molar-refractivity contribution >= 4 is 17.6 Å². The Labute approximate surface area is 125 Å². The van der Waals surface area contributed by atoms with Gasteiger partial charge in [0.1, 0.15) is 18.2 Å². The molecule has 0 aromatic carbocycles. The summed E-state index contributed by atoms with van der Waals surface area (Å²) in [6.07, 6.45) is 1.09. The Morgan fingerprint density at radius 1 is 1.24 bits per heavy atom. The summed E-state index contributed by atoms with van der Waals surface area (Å²) in [5.74, 6) is 1.90. The summed E-state index contributed by atoms with van der Waals surface area (Å²) in [4.78, 5) is 19.9. The molecule has 1 rings (SSSR count). The minimum Gasteiger partial charge on any atom is -0.466 e. The molecule has 1 aromatic rings. The zero-order valence-electron chi connectivity index (χ0n) is 12.9. The molecule has 0 saturated carbocycles. The molecule has 0 radical (unpaired) electrons. The molecule has 0 atom stereocenters. The minimum atomic E-state index is -0.171. The molecule has 1 aromatic heterocycles. The second-order valence-electron chi connectivity index (χ2n) is 4.28. The highest BCUT2D eigenvalue weighted by atomic mass is 16.5. The fourth-order valence-corrected chi connectivity index (χ4v) is 1.66. The normalized spacial score (nSPS) is 10.2. The second kappa shape index (κ2) is 9.93. The topological polar surface area (TPSA) is 85.4 Å². The lowest BCUT2D eigenvalue weighted by Gasteiger charge is -2.09. The fraction of sp³-hybridized carbons (Fsp3) is 0.643. The Morgan fingerprint density at radius 3 is 2.67 bits per heavy atom. The third-order valence-corrected chi connectivity index (χ3v) is 2.63. The quantitative estimate of drug-likeness (QED) is 0.503. The summed E-state index contributed by atoms with van der Waals surface area (Å²) >= 11 is 0. The van der Waals surface area contributed by atoms with Gasteiger partial charge < -0.3 is 20.1 Å². The summed E-state index contributed by atoms with van der Waals surface area (Å²) < 4.78 is 10.2. The molecule has 2 N–H and O–H groups in total. The van der Waals surface area contributed by atoms with Gasteiger partial charge in [-0.15, -0.1) is 0 Å². The van der Waals surface area contributed by atoms with Crippen LogP contribution < -0.4 is 10.6 Å². The molecule has 0 unspecified atom stereocenters. The standard InChI is InChI=1S/C14H24N4O3/c1-4-20-10-13-17-11(15-3)9-12(18-13)16-8-6-7-14(19)21-5-2/h9H,4-8,10H2,1-3H3,(H2,15,16,17,18). The van der Waals surface area contributed by atoms with E-state index >= 15 is 0 Å². The monoisotopic (exact) mass is 296 g/mol. The molecule has 118 valence electrons. The highest BCUT2D eigenvalue weighted by molar-refractivity contribution is 5.69. The van der Waals surface area contributed by atoms with E-state index in [0.717, 1.165) is 5.82 Å². The van der Waals surface area contributed by atoms with E-state index in [9.17, 15) is 4.79 Å². The number of ether oxygens (including phenoxy) is 2. The minimum absolute atomic E-state index is 0.171. The van der Waals surface area contributed by atoms with Gasteiger partial charge in [-0.05, 0) is 20.3 Å². The van der Waals surface area contributed by atoms with Crippen LogP contribution in [0, 0.1) is 0 Å². The fourth-order valence-electron chi connectivity index (χ4n) is 1.66. The van der Waals surface area contributed by atoms with E-state index in [0.29, 0.717) is 50.8 Å². The molecule has 7 nitrogen and oxygen atoms in total. The van der Waals surface area contributed by atoms with Crippen molar-refractivity contribution < 1.29 is 14.3 Å². The van der Waals surface area contributed by atoms with Crippen molar-refractivity contribution in [3.63, 3.8) is 0 Å². The van der Waals surface area contributed by atoms with Crippen LogP contribution in [0.1, 0.15) is 32.5 Å². The van der Waals surface area contributed by atoms with Crippen molar-refractivity contribution in [3.8, 4) is 0 Å². The lowest BCUT2D eigenvalue weighted by Crippen LogP contribution is -2.11. The van der Waals surface area contributed by atoms with E-state index in [1.54, 1.807) is 14.0 Å². The Kier molecular flexibility index (Phi) is 8.11. The first-order valence-corrected chi connectivity index (χ1v) is 7.22. The maximum absolute atomic E-state index is 11.2. The van der Waals surface area contributed by atoms with E-state index in [1.807, 2.05) is 13.0 Å². The molecule has 7 heteroatoms. The molecule has 0 amide bonds. The highest BCUT2D eigenvalue weighted by Crippen LogP contribution is 2.11. The van der Waals surface area contributed by atoms with E-state index in [4.69, 9.17) is 9.47 Å². The molecule has 0 spiro atoms. The van der Waals surface area contributed by atoms with Crippen LogP contribution in [0.2, 0.25) is 0 Å². The van der Waals surface area contributed by atoms with E-state index in [2.05, 4.69) is 20.6 Å². The smallest absolute Gasteiger partial charge is 0.305 e. The first-order valence-electron chi connectivity index (χ1n) is 7.22. The number of anilines is 2. The zero-order chi connectivity index (χ0) is 15.5. The van der Waals surface area contributed by atoms with Crippen LogP contribution in [0.25, 0.3) is 0 Å². The SMILES string of the molecule is CCOCc1nc(NC)cc(NCCCC(=O)OCC)n1. The molecule has 0 aliphatic carbocycles. The summed E-state index contributed by atoms with van der Waals surface area (Å²) in [7, 11) is 1.80. The van der Waals surface area contributed by atoms with Gasteiger partial charge in [-0.3, -0.25) is 4.79 Å². The van der Waals surface area contributed by atoms with Gasteiger partial charge in [-0.1, -0.05) is 0 Å². The van der Waals surface area contributed by atoms with Crippen LogP contribution in [0.5, 0.6) is 0 Å². The van der Waals surface area contributed by atoms with Crippen molar-refractivity contribution in [1.29, 1.82) is 0 Å². The van der Waals surface area contributed by atoms with Crippen molar-refractivity contribution in [2.45, 2.75) is 33.3 Å². The highest BCUT2D eigenvalue weighted by Gasteiger charge is 2.05. The van der Waals surface area contributed by atoms with Crippen LogP contribution in [0.3, 0.4) is 0 Å². The average molecular weight is 296 g/mol. The predicted molar refractivity (Wildman–Crippen MR) is 81.3 cm³/mol. The average Bonchev–Trinajstić information content (AvgIpc) is 2.49. The predicted octanol–water partition coefficient (Wildman–Crippen LogP) is 1.81. The van der Waals surface area contributed by atoms with Gasteiger partial charge in [0.05, 0.1) is 6.61 Å². The maximum Gasteiger partial charge on any atom is 0.305 e. The molecule has 0 fully saturated rings. The van der Waals surface area contributed by atoms with Gasteiger partial charge in [0, 0.05) is 32.7 Å². The number of hydrogen-bond acceptors (Lipinski definition) is 7. The molecule has 0 bridgehead atoms. The first-order chi connectivity index (χ1) is 10.2. The summed E-state index contributed by atoms with van der Waals surface area (Å²) in [6.45, 7) is 5.79. The summed E-state index contributed by atoms with van der Waals surface area (Å²) in [6, 6.07) is 1.82. The van der Waals surface area contributed by atoms with Crippen LogP contribution in [0.4, 0.5) is 11.6 Å². The van der Waals surface area contributed by atoms with Crippen LogP contribution in [0.15, 0.2) is 6.07 Å². The van der Waals surface area contributed by atoms with Gasteiger partial charge in [-0.25, -0.2) is 9.97 Å². The third kappa shape index (κ3) is 6.89. The number of esters is 1. The number of carbonyl (C=O) groups is 1. The van der Waals surface area contributed by atoms with Crippen LogP contribution >= 0.6 is 0 Å². The Bertz CT molecular complexity index is 440. The second-order valence-corrected chi connectivity index (χ2v) is 4.28. The summed E-state index contributed by atoms with van der Waals surface area (Å²) in [5, 5.41) is 6.17. The third-order valence-electron chi connectivity index (χ3n) is 2.63. The van der Waals surface area contributed by atoms with E-state index in [-0.39, 0.29) is 5.97 Å². The van der Waals surface area contributed by atoms with Crippen molar-refractivity contribution in [3.05, 3.63) is 11.9 Å². The zero-order valence-corrected chi connectivity index (χ0v) is 12.9. The molecule has 0 aliphatic heterocycles. The number of nitrogens with one attached hydrogen (secondary N) is 2. The van der Waals surface area contributed by atoms with Gasteiger partial charge in [0.15, 0.2) is 5.82 Å². The maximum atomic E-state index is 11.2. The Balaban J connectivity index is 2.47. The Hall–Kier alpha value is -1.89. The molecule has 0 aliphatic rings. The lowest BCUT2D eigenvalue weighted by atomic mass is 10.3. The van der Waals surface area contributed by atoms with Crippen LogP contribution in [-0.4, -0.2) is 42.7 Å². The van der Waals surface area contributed by atoms with Gasteiger partial charge >= 0.3 is 5.97 Å². The number of rotatable bonds is 10. The van der Waals surface area contributed by atoms with Crippen molar-refractivity contribution in [2.24, 2.45) is 0 Å². The van der Waals surface area contributed by atoms with Crippen molar-refractivity contribution in [1.82, 2.24) is 9.97 Å². The molecular weight excluding hydrogens is 272 g/mol. The first kappa shape index (κ1) is 17.2. The number of carbonyl (C=O) groups excluding carboxylic acids is 1. The van der Waals surface area contributed by atoms with E-state index in [1.165, 1.54) is 0 Å². The van der Waals surface area contributed by atoms with Crippen molar-refractivity contribution in [2.75, 3.05) is 37.4 Å². The Morgan fingerprint density at radius 2 is 2.00 bits per heavy atom. The van der Waals surface area contributed by atoms with Gasteiger partial charge in [0.2, 0.25) is 0 Å².